The Balaban J connectivity index is 2.01. The highest BCUT2D eigenvalue weighted by Crippen LogP contribution is 2.39. The quantitative estimate of drug-likeness (QED) is 0.693. The molecule has 2 nitrogen and oxygen atoms in total. The van der Waals surface area contributed by atoms with Crippen molar-refractivity contribution < 1.29 is 0 Å². The van der Waals surface area contributed by atoms with Gasteiger partial charge in [-0.2, -0.15) is 0 Å². The van der Waals surface area contributed by atoms with Crippen LogP contribution in [0.4, 0.5) is 0 Å². The van der Waals surface area contributed by atoms with E-state index in [-0.39, 0.29) is 0 Å². The number of likely N-dealkylation sites (tertiary alicyclic amines) is 1. The predicted molar refractivity (Wildman–Crippen MR) is 55.8 cm³/mol. The van der Waals surface area contributed by atoms with Gasteiger partial charge in [-0.3, -0.25) is 4.90 Å². The molecule has 3 atom stereocenters. The second-order valence-corrected chi connectivity index (χ2v) is 5.17. The van der Waals surface area contributed by atoms with Gasteiger partial charge in [-0.1, -0.05) is 13.8 Å². The average molecular weight is 182 g/mol. The van der Waals surface area contributed by atoms with Crippen molar-refractivity contribution in [3.63, 3.8) is 0 Å². The molecular weight excluding hydrogens is 160 g/mol. The van der Waals surface area contributed by atoms with Crippen molar-refractivity contribution in [2.24, 2.45) is 11.3 Å². The van der Waals surface area contributed by atoms with E-state index in [1.54, 1.807) is 0 Å². The Bertz CT molecular complexity index is 193. The lowest BCUT2D eigenvalue weighted by atomic mass is 9.83. The molecule has 2 aliphatic rings. The van der Waals surface area contributed by atoms with Crippen LogP contribution in [0.3, 0.4) is 0 Å². The van der Waals surface area contributed by atoms with Gasteiger partial charge in [-0.25, -0.2) is 0 Å². The number of nitrogens with zero attached hydrogens (tertiary/aromatic N) is 1. The van der Waals surface area contributed by atoms with Gasteiger partial charge in [0.25, 0.3) is 0 Å². The summed E-state index contributed by atoms with van der Waals surface area (Å²) >= 11 is 0. The molecule has 2 fully saturated rings. The van der Waals surface area contributed by atoms with Crippen LogP contribution < -0.4 is 5.32 Å². The van der Waals surface area contributed by atoms with Crippen LogP contribution in [0.2, 0.25) is 0 Å². The van der Waals surface area contributed by atoms with Crippen molar-refractivity contribution in [1.29, 1.82) is 0 Å². The van der Waals surface area contributed by atoms with Crippen LogP contribution in [0.1, 0.15) is 27.2 Å². The normalized spacial score (nSPS) is 42.2. The van der Waals surface area contributed by atoms with Crippen LogP contribution in [-0.4, -0.2) is 37.1 Å². The fourth-order valence-corrected chi connectivity index (χ4v) is 2.80. The minimum absolute atomic E-state index is 0.573. The topological polar surface area (TPSA) is 15.3 Å². The SMILES string of the molecule is CC[C@H](C)N1C[C@H]2CNC[C@]2(C)C1. The summed E-state index contributed by atoms with van der Waals surface area (Å²) in [4.78, 5) is 2.67. The molecular formula is C11H22N2. The molecule has 0 radical (unpaired) electrons. The maximum atomic E-state index is 3.52. The molecule has 2 rings (SSSR count). The van der Waals surface area contributed by atoms with Crippen LogP contribution in [-0.2, 0) is 0 Å². The van der Waals surface area contributed by atoms with Gasteiger partial charge in [0, 0.05) is 25.7 Å². The van der Waals surface area contributed by atoms with Crippen LogP contribution in [0, 0.1) is 11.3 Å². The number of fused-ring (bicyclic) bond motifs is 1. The summed E-state index contributed by atoms with van der Waals surface area (Å²) in [5, 5.41) is 3.52. The standard InChI is InChI=1S/C11H22N2/c1-4-9(2)13-6-10-5-12-7-11(10,3)8-13/h9-10,12H,4-8H2,1-3H3/t9-,10+,11+/m0/s1. The maximum Gasteiger partial charge on any atom is 0.00646 e. The zero-order valence-corrected chi connectivity index (χ0v) is 9.14. The largest absolute Gasteiger partial charge is 0.316 e. The van der Waals surface area contributed by atoms with E-state index in [1.807, 2.05) is 0 Å². The molecule has 0 unspecified atom stereocenters. The minimum Gasteiger partial charge on any atom is -0.316 e. The first-order chi connectivity index (χ1) is 6.15. The van der Waals surface area contributed by atoms with Crippen molar-refractivity contribution in [3.05, 3.63) is 0 Å². The fraction of sp³-hybridized carbons (Fsp3) is 1.00. The van der Waals surface area contributed by atoms with Gasteiger partial charge in [0.2, 0.25) is 0 Å². The first-order valence-corrected chi connectivity index (χ1v) is 5.60. The molecule has 2 heterocycles. The molecule has 0 amide bonds. The molecule has 76 valence electrons. The van der Waals surface area contributed by atoms with Crippen molar-refractivity contribution in [1.82, 2.24) is 10.2 Å². The van der Waals surface area contributed by atoms with Crippen molar-refractivity contribution >= 4 is 0 Å². The summed E-state index contributed by atoms with van der Waals surface area (Å²) in [5.41, 5.74) is 0.573. The van der Waals surface area contributed by atoms with E-state index < -0.39 is 0 Å². The van der Waals surface area contributed by atoms with E-state index in [1.165, 1.54) is 32.6 Å². The Morgan fingerprint density at radius 3 is 3.00 bits per heavy atom. The molecule has 0 aromatic rings. The number of nitrogens with one attached hydrogen (secondary N) is 1. The molecule has 0 aliphatic carbocycles. The molecule has 0 aromatic heterocycles. The lowest BCUT2D eigenvalue weighted by molar-refractivity contribution is 0.218. The van der Waals surface area contributed by atoms with E-state index >= 15 is 0 Å². The zero-order valence-electron chi connectivity index (χ0n) is 9.14. The van der Waals surface area contributed by atoms with Crippen molar-refractivity contribution in [2.45, 2.75) is 33.2 Å². The van der Waals surface area contributed by atoms with Gasteiger partial charge in [-0.15, -0.1) is 0 Å². The minimum atomic E-state index is 0.573. The smallest absolute Gasteiger partial charge is 0.00646 e. The number of rotatable bonds is 2. The van der Waals surface area contributed by atoms with Crippen LogP contribution in [0.25, 0.3) is 0 Å². The Morgan fingerprint density at radius 2 is 2.38 bits per heavy atom. The molecule has 0 saturated carbocycles. The lowest BCUT2D eigenvalue weighted by Crippen LogP contribution is -2.35. The molecule has 2 aliphatic heterocycles. The van der Waals surface area contributed by atoms with E-state index in [0.29, 0.717) is 5.41 Å². The first kappa shape index (κ1) is 9.47. The van der Waals surface area contributed by atoms with Gasteiger partial charge in [0.05, 0.1) is 0 Å². The summed E-state index contributed by atoms with van der Waals surface area (Å²) in [5.74, 6) is 0.904. The average Bonchev–Trinajstić information content (AvgIpc) is 2.57. The number of hydrogen-bond acceptors (Lipinski definition) is 2. The highest BCUT2D eigenvalue weighted by Gasteiger charge is 2.46. The third-order valence-corrected chi connectivity index (χ3v) is 4.14. The summed E-state index contributed by atoms with van der Waals surface area (Å²) in [6.07, 6.45) is 1.29. The van der Waals surface area contributed by atoms with E-state index in [0.717, 1.165) is 12.0 Å². The van der Waals surface area contributed by atoms with Gasteiger partial charge in [0.15, 0.2) is 0 Å². The van der Waals surface area contributed by atoms with Gasteiger partial charge >= 0.3 is 0 Å². The van der Waals surface area contributed by atoms with Crippen LogP contribution >= 0.6 is 0 Å². The van der Waals surface area contributed by atoms with E-state index in [2.05, 4.69) is 31.0 Å². The second kappa shape index (κ2) is 3.25. The molecule has 0 bridgehead atoms. The van der Waals surface area contributed by atoms with E-state index in [9.17, 15) is 0 Å². The third kappa shape index (κ3) is 1.50. The Labute approximate surface area is 81.7 Å². The Morgan fingerprint density at radius 1 is 1.62 bits per heavy atom. The summed E-state index contributed by atoms with van der Waals surface area (Å²) in [6, 6.07) is 0.780. The zero-order chi connectivity index (χ0) is 9.47. The van der Waals surface area contributed by atoms with Crippen molar-refractivity contribution in [2.75, 3.05) is 26.2 Å². The predicted octanol–water partition coefficient (Wildman–Crippen LogP) is 1.33. The summed E-state index contributed by atoms with van der Waals surface area (Å²) in [7, 11) is 0. The van der Waals surface area contributed by atoms with Gasteiger partial charge in [-0.05, 0) is 31.2 Å². The van der Waals surface area contributed by atoms with Gasteiger partial charge < -0.3 is 5.32 Å². The summed E-state index contributed by atoms with van der Waals surface area (Å²) < 4.78 is 0. The first-order valence-electron chi connectivity index (χ1n) is 5.60. The molecule has 1 N–H and O–H groups in total. The van der Waals surface area contributed by atoms with Crippen LogP contribution in [0.15, 0.2) is 0 Å². The highest BCUT2D eigenvalue weighted by atomic mass is 15.2. The monoisotopic (exact) mass is 182 g/mol. The molecule has 0 aromatic carbocycles. The van der Waals surface area contributed by atoms with Crippen molar-refractivity contribution in [3.8, 4) is 0 Å². The molecule has 2 heteroatoms. The molecule has 0 spiro atoms. The number of hydrogen-bond donors (Lipinski definition) is 1. The Kier molecular flexibility index (Phi) is 2.37. The fourth-order valence-electron chi connectivity index (χ4n) is 2.80. The van der Waals surface area contributed by atoms with Gasteiger partial charge in [0.1, 0.15) is 0 Å². The Hall–Kier alpha value is -0.0800. The van der Waals surface area contributed by atoms with Crippen LogP contribution in [0.5, 0.6) is 0 Å². The second-order valence-electron chi connectivity index (χ2n) is 5.17. The maximum absolute atomic E-state index is 3.52. The third-order valence-electron chi connectivity index (χ3n) is 4.14. The van der Waals surface area contributed by atoms with E-state index in [4.69, 9.17) is 0 Å². The summed E-state index contributed by atoms with van der Waals surface area (Å²) in [6.45, 7) is 12.2. The molecule has 13 heavy (non-hydrogen) atoms. The molecule has 2 saturated heterocycles. The highest BCUT2D eigenvalue weighted by molar-refractivity contribution is 5.01. The lowest BCUT2D eigenvalue weighted by Gasteiger charge is -2.26.